The minimum absolute atomic E-state index is 0.224. The maximum absolute atomic E-state index is 11.4. The molecule has 18 heavy (non-hydrogen) atoms. The van der Waals surface area contributed by atoms with Crippen molar-refractivity contribution in [2.75, 3.05) is 13.7 Å². The van der Waals surface area contributed by atoms with Crippen LogP contribution in [0.3, 0.4) is 0 Å². The van der Waals surface area contributed by atoms with Crippen LogP contribution < -0.4 is 0 Å². The highest BCUT2D eigenvalue weighted by molar-refractivity contribution is 5.71. The van der Waals surface area contributed by atoms with Gasteiger partial charge < -0.3 is 9.26 Å². The average Bonchev–Trinajstić information content (AvgIpc) is 2.99. The molecule has 0 radical (unpaired) electrons. The number of rotatable bonds is 5. The van der Waals surface area contributed by atoms with Crippen LogP contribution in [-0.4, -0.2) is 40.7 Å². The Morgan fingerprint density at radius 2 is 2.22 bits per heavy atom. The van der Waals surface area contributed by atoms with Crippen LogP contribution >= 0.6 is 0 Å². The van der Waals surface area contributed by atoms with E-state index in [1.54, 1.807) is 6.92 Å². The quantitative estimate of drug-likeness (QED) is 0.737. The molecule has 0 N–H and O–H groups in total. The number of carbonyl (C=O) groups excluding carboxylic acids is 1. The molecule has 1 aromatic heterocycles. The summed E-state index contributed by atoms with van der Waals surface area (Å²) in [4.78, 5) is 17.7. The SMILES string of the molecule is COC(=O)CN(Cc1nc(C)no1)C1CCCC1. The molecular weight excluding hydrogens is 234 g/mol. The highest BCUT2D eigenvalue weighted by Crippen LogP contribution is 2.24. The van der Waals surface area contributed by atoms with Crippen molar-refractivity contribution in [1.82, 2.24) is 15.0 Å². The second kappa shape index (κ2) is 5.95. The van der Waals surface area contributed by atoms with E-state index in [4.69, 9.17) is 9.26 Å². The van der Waals surface area contributed by atoms with Gasteiger partial charge in [-0.25, -0.2) is 0 Å². The fourth-order valence-corrected chi connectivity index (χ4v) is 2.39. The fraction of sp³-hybridized carbons (Fsp3) is 0.750. The topological polar surface area (TPSA) is 68.5 Å². The van der Waals surface area contributed by atoms with Crippen LogP contribution in [0.4, 0.5) is 0 Å². The Kier molecular flexibility index (Phi) is 4.30. The van der Waals surface area contributed by atoms with Crippen LogP contribution in [0.1, 0.15) is 37.4 Å². The van der Waals surface area contributed by atoms with Gasteiger partial charge in [0.05, 0.1) is 20.2 Å². The number of carbonyl (C=O) groups is 1. The lowest BCUT2D eigenvalue weighted by Crippen LogP contribution is -2.37. The van der Waals surface area contributed by atoms with E-state index < -0.39 is 0 Å². The predicted octanol–water partition coefficient (Wildman–Crippen LogP) is 1.30. The minimum Gasteiger partial charge on any atom is -0.468 e. The maximum Gasteiger partial charge on any atom is 0.319 e. The Bertz CT molecular complexity index is 399. The van der Waals surface area contributed by atoms with Gasteiger partial charge in [-0.15, -0.1) is 0 Å². The summed E-state index contributed by atoms with van der Waals surface area (Å²) >= 11 is 0. The van der Waals surface area contributed by atoms with Crippen molar-refractivity contribution in [3.8, 4) is 0 Å². The summed E-state index contributed by atoms with van der Waals surface area (Å²) in [5.74, 6) is 0.955. The first-order chi connectivity index (χ1) is 8.69. The van der Waals surface area contributed by atoms with Crippen molar-refractivity contribution < 1.29 is 14.1 Å². The van der Waals surface area contributed by atoms with Crippen LogP contribution in [0.2, 0.25) is 0 Å². The summed E-state index contributed by atoms with van der Waals surface area (Å²) < 4.78 is 9.85. The molecule has 1 aliphatic carbocycles. The lowest BCUT2D eigenvalue weighted by atomic mass is 10.2. The third kappa shape index (κ3) is 3.29. The third-order valence-corrected chi connectivity index (χ3v) is 3.31. The van der Waals surface area contributed by atoms with Gasteiger partial charge in [0.1, 0.15) is 0 Å². The van der Waals surface area contributed by atoms with Crippen molar-refractivity contribution in [3.63, 3.8) is 0 Å². The molecule has 1 fully saturated rings. The molecule has 0 atom stereocenters. The first kappa shape index (κ1) is 13.0. The minimum atomic E-state index is -0.224. The number of aromatic nitrogens is 2. The van der Waals surface area contributed by atoms with Gasteiger partial charge in [0.2, 0.25) is 5.89 Å². The van der Waals surface area contributed by atoms with Crippen molar-refractivity contribution in [1.29, 1.82) is 0 Å². The van der Waals surface area contributed by atoms with E-state index in [0.29, 0.717) is 24.3 Å². The lowest BCUT2D eigenvalue weighted by molar-refractivity contribution is -0.142. The summed E-state index contributed by atoms with van der Waals surface area (Å²) in [5, 5.41) is 3.77. The number of nitrogens with zero attached hydrogens (tertiary/aromatic N) is 3. The summed E-state index contributed by atoms with van der Waals surface area (Å²) in [5.41, 5.74) is 0. The van der Waals surface area contributed by atoms with Crippen molar-refractivity contribution in [3.05, 3.63) is 11.7 Å². The van der Waals surface area contributed by atoms with Gasteiger partial charge in [-0.1, -0.05) is 18.0 Å². The first-order valence-electron chi connectivity index (χ1n) is 6.29. The molecule has 2 rings (SSSR count). The molecule has 0 unspecified atom stereocenters. The van der Waals surface area contributed by atoms with E-state index in [-0.39, 0.29) is 12.5 Å². The third-order valence-electron chi connectivity index (χ3n) is 3.31. The monoisotopic (exact) mass is 253 g/mol. The van der Waals surface area contributed by atoms with E-state index >= 15 is 0 Å². The Hall–Kier alpha value is -1.43. The summed E-state index contributed by atoms with van der Waals surface area (Å²) in [6.45, 7) is 2.58. The normalized spacial score (nSPS) is 16.4. The first-order valence-corrected chi connectivity index (χ1v) is 6.29. The summed E-state index contributed by atoms with van der Waals surface area (Å²) in [7, 11) is 1.41. The van der Waals surface area contributed by atoms with Gasteiger partial charge in [0.15, 0.2) is 5.82 Å². The second-order valence-corrected chi connectivity index (χ2v) is 4.65. The van der Waals surface area contributed by atoms with Gasteiger partial charge in [-0.05, 0) is 19.8 Å². The van der Waals surface area contributed by atoms with Crippen LogP contribution in [0.5, 0.6) is 0 Å². The zero-order valence-corrected chi connectivity index (χ0v) is 10.9. The summed E-state index contributed by atoms with van der Waals surface area (Å²) in [6, 6.07) is 0.413. The van der Waals surface area contributed by atoms with Crippen molar-refractivity contribution in [2.24, 2.45) is 0 Å². The molecule has 1 heterocycles. The maximum atomic E-state index is 11.4. The van der Waals surface area contributed by atoms with Crippen molar-refractivity contribution >= 4 is 5.97 Å². The average molecular weight is 253 g/mol. The predicted molar refractivity (Wildman–Crippen MR) is 63.7 cm³/mol. The van der Waals surface area contributed by atoms with Crippen LogP contribution in [-0.2, 0) is 16.1 Å². The molecule has 1 aromatic rings. The number of methoxy groups -OCH3 is 1. The Balaban J connectivity index is 2.01. The van der Waals surface area contributed by atoms with Gasteiger partial charge in [0, 0.05) is 6.04 Å². The molecular formula is C12H19N3O3. The fourth-order valence-electron chi connectivity index (χ4n) is 2.39. The zero-order chi connectivity index (χ0) is 13.0. The molecule has 1 saturated carbocycles. The molecule has 0 aliphatic heterocycles. The smallest absolute Gasteiger partial charge is 0.319 e. The van der Waals surface area contributed by atoms with Crippen molar-refractivity contribution in [2.45, 2.75) is 45.2 Å². The number of aryl methyl sites for hydroxylation is 1. The van der Waals surface area contributed by atoms with E-state index in [0.717, 1.165) is 12.8 Å². The van der Waals surface area contributed by atoms with Gasteiger partial charge in [-0.2, -0.15) is 4.98 Å². The van der Waals surface area contributed by atoms with E-state index in [9.17, 15) is 4.79 Å². The molecule has 6 nitrogen and oxygen atoms in total. The largest absolute Gasteiger partial charge is 0.468 e. The molecule has 0 amide bonds. The molecule has 100 valence electrons. The molecule has 0 saturated heterocycles. The Morgan fingerprint density at radius 3 is 2.78 bits per heavy atom. The Labute approximate surface area is 106 Å². The molecule has 0 bridgehead atoms. The molecule has 0 spiro atoms. The standard InChI is InChI=1S/C12H19N3O3/c1-9-13-11(18-14-9)7-15(8-12(16)17-2)10-5-3-4-6-10/h10H,3-8H2,1-2H3. The summed E-state index contributed by atoms with van der Waals surface area (Å²) in [6.07, 6.45) is 4.66. The number of hydrogen-bond donors (Lipinski definition) is 0. The van der Waals surface area contributed by atoms with Gasteiger partial charge >= 0.3 is 5.97 Å². The molecule has 0 aromatic carbocycles. The van der Waals surface area contributed by atoms with Crippen LogP contribution in [0.25, 0.3) is 0 Å². The van der Waals surface area contributed by atoms with E-state index in [1.165, 1.54) is 20.0 Å². The highest BCUT2D eigenvalue weighted by Gasteiger charge is 2.26. The van der Waals surface area contributed by atoms with Crippen LogP contribution in [0, 0.1) is 6.92 Å². The number of hydrogen-bond acceptors (Lipinski definition) is 6. The molecule has 1 aliphatic rings. The zero-order valence-electron chi connectivity index (χ0n) is 10.9. The second-order valence-electron chi connectivity index (χ2n) is 4.65. The van der Waals surface area contributed by atoms with Gasteiger partial charge in [0.25, 0.3) is 0 Å². The van der Waals surface area contributed by atoms with E-state index in [1.807, 2.05) is 0 Å². The lowest BCUT2D eigenvalue weighted by Gasteiger charge is -2.25. The highest BCUT2D eigenvalue weighted by atomic mass is 16.5. The number of ether oxygens (including phenoxy) is 1. The van der Waals surface area contributed by atoms with Crippen LogP contribution in [0.15, 0.2) is 4.52 Å². The van der Waals surface area contributed by atoms with E-state index in [2.05, 4.69) is 15.0 Å². The Morgan fingerprint density at radius 1 is 1.50 bits per heavy atom. The van der Waals surface area contributed by atoms with Gasteiger partial charge in [-0.3, -0.25) is 9.69 Å². The molecule has 6 heteroatoms. The number of esters is 1.